The van der Waals surface area contributed by atoms with Crippen LogP contribution >= 0.6 is 0 Å². The van der Waals surface area contributed by atoms with Gasteiger partial charge in [0.1, 0.15) is 0 Å². The van der Waals surface area contributed by atoms with Crippen molar-refractivity contribution in [2.45, 2.75) is 6.29 Å². The molecular formula is C15H12N2O3. The summed E-state index contributed by atoms with van der Waals surface area (Å²) in [6.45, 7) is 0. The van der Waals surface area contributed by atoms with Gasteiger partial charge in [-0.1, -0.05) is 30.3 Å². The van der Waals surface area contributed by atoms with Gasteiger partial charge in [-0.15, -0.1) is 0 Å². The maximum atomic E-state index is 12.1. The number of hydrogen-bond donors (Lipinski definition) is 2. The molecule has 0 saturated heterocycles. The van der Waals surface area contributed by atoms with E-state index in [9.17, 15) is 9.90 Å². The lowest BCUT2D eigenvalue weighted by Gasteiger charge is -2.12. The zero-order chi connectivity index (χ0) is 13.9. The number of hydrogen-bond acceptors (Lipinski definition) is 4. The Labute approximate surface area is 114 Å². The van der Waals surface area contributed by atoms with Crippen LogP contribution in [0.4, 0.5) is 0 Å². The Hall–Kier alpha value is -2.66. The Morgan fingerprint density at radius 3 is 2.80 bits per heavy atom. The molecule has 2 heterocycles. The molecule has 0 aliphatic carbocycles. The van der Waals surface area contributed by atoms with E-state index in [0.717, 1.165) is 0 Å². The molecule has 1 atom stereocenters. The number of aromatic nitrogens is 2. The second-order valence-electron chi connectivity index (χ2n) is 4.26. The molecule has 5 nitrogen and oxygen atoms in total. The average Bonchev–Trinajstić information content (AvgIpc) is 2.96. The van der Waals surface area contributed by atoms with E-state index in [1.54, 1.807) is 42.6 Å². The van der Waals surface area contributed by atoms with Crippen LogP contribution in [0.1, 0.15) is 22.2 Å². The topological polar surface area (TPSA) is 75.2 Å². The van der Waals surface area contributed by atoms with Crippen LogP contribution in [0.3, 0.4) is 0 Å². The van der Waals surface area contributed by atoms with Crippen molar-refractivity contribution in [3.8, 4) is 0 Å². The van der Waals surface area contributed by atoms with Gasteiger partial charge in [0.15, 0.2) is 0 Å². The Morgan fingerprint density at radius 2 is 2.00 bits per heavy atom. The smallest absolute Gasteiger partial charge is 0.342 e. The lowest BCUT2D eigenvalue weighted by Crippen LogP contribution is -2.11. The van der Waals surface area contributed by atoms with Gasteiger partial charge in [-0.2, -0.15) is 0 Å². The van der Waals surface area contributed by atoms with E-state index in [1.807, 2.05) is 6.07 Å². The third-order valence-corrected chi connectivity index (χ3v) is 2.97. The number of H-pyrrole nitrogens is 1. The normalized spacial score (nSPS) is 12.2. The van der Waals surface area contributed by atoms with Gasteiger partial charge in [-0.05, 0) is 12.1 Å². The number of rotatable bonds is 3. The Kier molecular flexibility index (Phi) is 3.18. The first-order valence-electron chi connectivity index (χ1n) is 6.12. The van der Waals surface area contributed by atoms with Crippen LogP contribution in [-0.2, 0) is 4.74 Å². The van der Waals surface area contributed by atoms with Gasteiger partial charge in [0.05, 0.1) is 16.6 Å². The molecule has 2 N–H and O–H groups in total. The van der Waals surface area contributed by atoms with Gasteiger partial charge in [0.2, 0.25) is 6.29 Å². The largest absolute Gasteiger partial charge is 0.428 e. The number of aliphatic hydroxyl groups is 1. The molecule has 2 aromatic heterocycles. The van der Waals surface area contributed by atoms with Gasteiger partial charge in [0, 0.05) is 18.0 Å². The highest BCUT2D eigenvalue weighted by Crippen LogP contribution is 2.19. The van der Waals surface area contributed by atoms with Gasteiger partial charge in [0.25, 0.3) is 0 Å². The number of aromatic amines is 1. The summed E-state index contributed by atoms with van der Waals surface area (Å²) in [7, 11) is 0. The molecule has 100 valence electrons. The van der Waals surface area contributed by atoms with E-state index in [-0.39, 0.29) is 0 Å². The van der Waals surface area contributed by atoms with Gasteiger partial charge >= 0.3 is 5.97 Å². The highest BCUT2D eigenvalue weighted by atomic mass is 16.6. The van der Waals surface area contributed by atoms with Gasteiger partial charge in [-0.3, -0.25) is 4.98 Å². The lowest BCUT2D eigenvalue weighted by atomic mass is 10.2. The second-order valence-corrected chi connectivity index (χ2v) is 4.26. The van der Waals surface area contributed by atoms with Crippen molar-refractivity contribution in [3.05, 3.63) is 66.0 Å². The second kappa shape index (κ2) is 5.14. The molecule has 0 radical (unpaired) electrons. The maximum Gasteiger partial charge on any atom is 0.342 e. The van der Waals surface area contributed by atoms with Crippen molar-refractivity contribution in [1.29, 1.82) is 0 Å². The molecule has 0 aliphatic heterocycles. The lowest BCUT2D eigenvalue weighted by molar-refractivity contribution is -0.0670. The van der Waals surface area contributed by atoms with E-state index in [2.05, 4.69) is 9.97 Å². The predicted molar refractivity (Wildman–Crippen MR) is 72.9 cm³/mol. The zero-order valence-corrected chi connectivity index (χ0v) is 10.5. The van der Waals surface area contributed by atoms with Crippen molar-refractivity contribution in [1.82, 2.24) is 9.97 Å². The van der Waals surface area contributed by atoms with E-state index >= 15 is 0 Å². The highest BCUT2D eigenvalue weighted by molar-refractivity contribution is 6.01. The number of carbonyl (C=O) groups is 1. The van der Waals surface area contributed by atoms with Crippen molar-refractivity contribution in [2.75, 3.05) is 0 Å². The zero-order valence-electron chi connectivity index (χ0n) is 10.5. The third-order valence-electron chi connectivity index (χ3n) is 2.97. The Bertz CT molecular complexity index is 737. The molecule has 0 bridgehead atoms. The summed E-state index contributed by atoms with van der Waals surface area (Å²) < 4.78 is 5.07. The summed E-state index contributed by atoms with van der Waals surface area (Å²) in [6, 6.07) is 12.1. The monoisotopic (exact) mass is 268 g/mol. The van der Waals surface area contributed by atoms with E-state index in [1.165, 1.54) is 6.20 Å². The summed E-state index contributed by atoms with van der Waals surface area (Å²) in [4.78, 5) is 19.2. The molecule has 0 saturated carbocycles. The van der Waals surface area contributed by atoms with Crippen LogP contribution < -0.4 is 0 Å². The molecule has 20 heavy (non-hydrogen) atoms. The molecule has 0 fully saturated rings. The van der Waals surface area contributed by atoms with Gasteiger partial charge < -0.3 is 14.8 Å². The summed E-state index contributed by atoms with van der Waals surface area (Å²) in [5.74, 6) is -0.601. The van der Waals surface area contributed by atoms with Gasteiger partial charge in [-0.25, -0.2) is 4.79 Å². The quantitative estimate of drug-likeness (QED) is 0.565. The summed E-state index contributed by atoms with van der Waals surface area (Å²) >= 11 is 0. The van der Waals surface area contributed by atoms with E-state index in [0.29, 0.717) is 22.2 Å². The van der Waals surface area contributed by atoms with Crippen LogP contribution in [-0.4, -0.2) is 21.0 Å². The number of benzene rings is 1. The van der Waals surface area contributed by atoms with E-state index in [4.69, 9.17) is 4.74 Å². The van der Waals surface area contributed by atoms with Crippen LogP contribution in [0.5, 0.6) is 0 Å². The maximum absolute atomic E-state index is 12.1. The van der Waals surface area contributed by atoms with E-state index < -0.39 is 12.3 Å². The molecule has 0 spiro atoms. The first-order valence-corrected chi connectivity index (χ1v) is 6.12. The molecular weight excluding hydrogens is 256 g/mol. The molecule has 1 aromatic carbocycles. The summed E-state index contributed by atoms with van der Waals surface area (Å²) in [5, 5.41) is 9.91. The molecule has 0 amide bonds. The summed E-state index contributed by atoms with van der Waals surface area (Å²) in [5.41, 5.74) is 2.14. The Balaban J connectivity index is 1.85. The number of pyridine rings is 1. The van der Waals surface area contributed by atoms with Crippen LogP contribution in [0.2, 0.25) is 0 Å². The summed E-state index contributed by atoms with van der Waals surface area (Å²) in [6.07, 6.45) is 1.94. The molecule has 3 aromatic rings. The predicted octanol–water partition coefficient (Wildman–Crippen LogP) is 2.41. The van der Waals surface area contributed by atoms with Crippen molar-refractivity contribution >= 4 is 17.0 Å². The van der Waals surface area contributed by atoms with Crippen LogP contribution in [0.15, 0.2) is 54.9 Å². The van der Waals surface area contributed by atoms with Crippen LogP contribution in [0, 0.1) is 0 Å². The number of fused-ring (bicyclic) bond motifs is 1. The third kappa shape index (κ3) is 2.26. The number of nitrogens with zero attached hydrogens (tertiary/aromatic N) is 1. The average molecular weight is 268 g/mol. The fourth-order valence-electron chi connectivity index (χ4n) is 1.98. The number of esters is 1. The molecule has 0 aliphatic rings. The highest BCUT2D eigenvalue weighted by Gasteiger charge is 2.17. The van der Waals surface area contributed by atoms with Crippen LogP contribution in [0.25, 0.3) is 11.0 Å². The standard InChI is InChI=1S/C15H12N2O3/c18-14(10-4-2-1-3-5-10)20-15(19)11-6-8-16-12-7-9-17-13(11)12/h1-9,14,17-18H. The fraction of sp³-hybridized carbons (Fsp3) is 0.0667. The molecule has 1 unspecified atom stereocenters. The minimum Gasteiger partial charge on any atom is -0.428 e. The van der Waals surface area contributed by atoms with Crippen molar-refractivity contribution < 1.29 is 14.6 Å². The number of ether oxygens (including phenoxy) is 1. The molecule has 3 rings (SSSR count). The number of aliphatic hydroxyl groups excluding tert-OH is 1. The molecule has 5 heteroatoms. The van der Waals surface area contributed by atoms with Crippen molar-refractivity contribution in [3.63, 3.8) is 0 Å². The first-order chi connectivity index (χ1) is 9.75. The van der Waals surface area contributed by atoms with Crippen molar-refractivity contribution in [2.24, 2.45) is 0 Å². The Morgan fingerprint density at radius 1 is 1.20 bits per heavy atom. The minimum atomic E-state index is -1.29. The number of nitrogens with one attached hydrogen (secondary N) is 1. The number of carbonyl (C=O) groups excluding carboxylic acids is 1. The SMILES string of the molecule is O=C(OC(O)c1ccccc1)c1ccnc2cc[nH]c12. The minimum absolute atomic E-state index is 0.343. The first kappa shape index (κ1) is 12.4. The fourth-order valence-corrected chi connectivity index (χ4v) is 1.98.